The molecule has 0 amide bonds. The van der Waals surface area contributed by atoms with Gasteiger partial charge in [0.05, 0.1) is 11.1 Å². The van der Waals surface area contributed by atoms with Crippen LogP contribution in [0.2, 0.25) is 0 Å². The Morgan fingerprint density at radius 3 is 1.30 bits per heavy atom. The van der Waals surface area contributed by atoms with E-state index in [0.717, 1.165) is 0 Å². The summed E-state index contributed by atoms with van der Waals surface area (Å²) in [7, 11) is -2.65. The molecule has 0 heterocycles. The van der Waals surface area contributed by atoms with Crippen LogP contribution in [-0.2, 0) is 4.57 Å². The Morgan fingerprint density at radius 2 is 1.20 bits per heavy atom. The second-order valence-corrected chi connectivity index (χ2v) is 6.62. The first-order valence-electron chi connectivity index (χ1n) is 5.61. The van der Waals surface area contributed by atoms with Gasteiger partial charge in [0.15, 0.2) is 7.37 Å². The van der Waals surface area contributed by atoms with Gasteiger partial charge in [0, 0.05) is 29.7 Å². The Hall–Kier alpha value is -1.12. The van der Waals surface area contributed by atoms with Crippen LogP contribution in [0.15, 0.2) is 24.3 Å². The number of benzene rings is 1. The Kier molecular flexibility index (Phi) is 10.3. The molecular formula is C12H17AlO6P. The molecule has 0 aliphatic heterocycles. The highest BCUT2D eigenvalue weighted by atomic mass is 31.2. The zero-order valence-corrected chi connectivity index (χ0v) is 13.4. The number of carboxylic acids is 2. The molecule has 0 unspecified atom stereocenters. The normalized spacial score (nSPS) is 9.75. The Bertz CT molecular complexity index is 444. The lowest BCUT2D eigenvalue weighted by Crippen LogP contribution is -1.99. The molecule has 0 atom stereocenters. The minimum Gasteiger partial charge on any atom is -0.478 e. The second-order valence-electron chi connectivity index (χ2n) is 3.67. The SMILES string of the molecule is CCP(=O)(O)CC.O=C(O)c1ccc(C(=O)O)cc1.[Al]. The number of carbonyl (C=O) groups is 2. The molecule has 0 aliphatic rings. The minimum atomic E-state index is -2.65. The van der Waals surface area contributed by atoms with Gasteiger partial charge in [-0.1, -0.05) is 13.8 Å². The quantitative estimate of drug-likeness (QED) is 0.579. The molecule has 0 fully saturated rings. The third-order valence-corrected chi connectivity index (χ3v) is 4.34. The molecule has 0 spiro atoms. The molecule has 0 aliphatic carbocycles. The van der Waals surface area contributed by atoms with E-state index >= 15 is 0 Å². The van der Waals surface area contributed by atoms with Crippen molar-refractivity contribution in [1.82, 2.24) is 0 Å². The lowest BCUT2D eigenvalue weighted by atomic mass is 10.1. The Labute approximate surface area is 128 Å². The van der Waals surface area contributed by atoms with Crippen LogP contribution >= 0.6 is 7.37 Å². The van der Waals surface area contributed by atoms with E-state index in [4.69, 9.17) is 15.1 Å². The molecule has 0 saturated heterocycles. The highest BCUT2D eigenvalue weighted by molar-refractivity contribution is 7.57. The van der Waals surface area contributed by atoms with Crippen molar-refractivity contribution in [2.45, 2.75) is 13.8 Å². The lowest BCUT2D eigenvalue weighted by molar-refractivity contribution is 0.0681. The largest absolute Gasteiger partial charge is 0.478 e. The van der Waals surface area contributed by atoms with E-state index in [1.165, 1.54) is 24.3 Å². The van der Waals surface area contributed by atoms with E-state index < -0.39 is 19.3 Å². The minimum absolute atomic E-state index is 0. The van der Waals surface area contributed by atoms with Crippen LogP contribution in [0.5, 0.6) is 0 Å². The third kappa shape index (κ3) is 8.13. The maximum Gasteiger partial charge on any atom is 0.335 e. The van der Waals surface area contributed by atoms with Gasteiger partial charge in [-0.05, 0) is 24.3 Å². The number of hydrogen-bond acceptors (Lipinski definition) is 3. The molecule has 1 aromatic rings. The molecule has 0 aromatic heterocycles. The van der Waals surface area contributed by atoms with E-state index in [1.807, 2.05) is 0 Å². The van der Waals surface area contributed by atoms with Gasteiger partial charge in [0.25, 0.3) is 0 Å². The van der Waals surface area contributed by atoms with Crippen LogP contribution in [0.4, 0.5) is 0 Å². The molecular weight excluding hydrogens is 298 g/mol. The maximum absolute atomic E-state index is 10.5. The van der Waals surface area contributed by atoms with Crippen molar-refractivity contribution in [3.63, 3.8) is 0 Å². The Morgan fingerprint density at radius 1 is 0.950 bits per heavy atom. The smallest absolute Gasteiger partial charge is 0.335 e. The summed E-state index contributed by atoms with van der Waals surface area (Å²) in [5.74, 6) is -2.13. The molecule has 3 N–H and O–H groups in total. The lowest BCUT2D eigenvalue weighted by Gasteiger charge is -2.01. The number of aromatic carboxylic acids is 2. The number of hydrogen-bond donors (Lipinski definition) is 3. The molecule has 109 valence electrons. The van der Waals surface area contributed by atoms with Crippen LogP contribution < -0.4 is 0 Å². The van der Waals surface area contributed by atoms with Gasteiger partial charge in [-0.15, -0.1) is 0 Å². The fraction of sp³-hybridized carbons (Fsp3) is 0.333. The van der Waals surface area contributed by atoms with E-state index in [9.17, 15) is 14.2 Å². The molecule has 3 radical (unpaired) electrons. The summed E-state index contributed by atoms with van der Waals surface area (Å²) in [5.41, 5.74) is 0.167. The summed E-state index contributed by atoms with van der Waals surface area (Å²) in [4.78, 5) is 29.4. The van der Waals surface area contributed by atoms with Gasteiger partial charge < -0.3 is 15.1 Å². The molecule has 8 heteroatoms. The highest BCUT2D eigenvalue weighted by Gasteiger charge is 2.08. The predicted molar refractivity (Wildman–Crippen MR) is 77.0 cm³/mol. The summed E-state index contributed by atoms with van der Waals surface area (Å²) in [6, 6.07) is 5.02. The molecule has 0 saturated carbocycles. The van der Waals surface area contributed by atoms with Gasteiger partial charge in [0.2, 0.25) is 0 Å². The number of carboxylic acid groups (broad SMARTS) is 2. The van der Waals surface area contributed by atoms with Crippen molar-refractivity contribution in [2.24, 2.45) is 0 Å². The topological polar surface area (TPSA) is 112 Å². The zero-order valence-electron chi connectivity index (χ0n) is 11.3. The Balaban J connectivity index is 0. The predicted octanol–water partition coefficient (Wildman–Crippen LogP) is 2.00. The number of rotatable bonds is 4. The highest BCUT2D eigenvalue weighted by Crippen LogP contribution is 2.38. The molecule has 1 rings (SSSR count). The molecule has 1 aromatic carbocycles. The standard InChI is InChI=1S/C8H6O4.C4H11O2P.Al/c9-7(10)5-1-2-6(4-3-5)8(11)12;1-3-7(5,6)4-2;/h1-4H,(H,9,10)(H,11,12);3-4H2,1-2H3,(H,5,6);. The van der Waals surface area contributed by atoms with Crippen molar-refractivity contribution in [2.75, 3.05) is 12.3 Å². The molecule has 0 bridgehead atoms. The fourth-order valence-electron chi connectivity index (χ4n) is 0.979. The first-order chi connectivity index (χ1) is 8.73. The van der Waals surface area contributed by atoms with Crippen molar-refractivity contribution >= 4 is 36.7 Å². The summed E-state index contributed by atoms with van der Waals surface area (Å²) in [6.45, 7) is 3.45. The van der Waals surface area contributed by atoms with Crippen LogP contribution in [0, 0.1) is 0 Å². The first kappa shape index (κ1) is 21.2. The van der Waals surface area contributed by atoms with Crippen molar-refractivity contribution in [1.29, 1.82) is 0 Å². The van der Waals surface area contributed by atoms with Gasteiger partial charge in [-0.2, -0.15) is 0 Å². The van der Waals surface area contributed by atoms with Crippen LogP contribution in [0.1, 0.15) is 34.6 Å². The molecule has 20 heavy (non-hydrogen) atoms. The van der Waals surface area contributed by atoms with Crippen molar-refractivity contribution in [3.8, 4) is 0 Å². The second kappa shape index (κ2) is 9.73. The zero-order chi connectivity index (χ0) is 15.1. The van der Waals surface area contributed by atoms with E-state index in [0.29, 0.717) is 12.3 Å². The van der Waals surface area contributed by atoms with Gasteiger partial charge in [-0.25, -0.2) is 9.59 Å². The van der Waals surface area contributed by atoms with E-state index in [-0.39, 0.29) is 28.5 Å². The maximum atomic E-state index is 10.5. The van der Waals surface area contributed by atoms with E-state index in [1.54, 1.807) is 13.8 Å². The van der Waals surface area contributed by atoms with Crippen molar-refractivity contribution in [3.05, 3.63) is 35.4 Å². The van der Waals surface area contributed by atoms with Crippen LogP contribution in [0.25, 0.3) is 0 Å². The van der Waals surface area contributed by atoms with E-state index in [2.05, 4.69) is 0 Å². The monoisotopic (exact) mass is 315 g/mol. The summed E-state index contributed by atoms with van der Waals surface area (Å²) >= 11 is 0. The molecule has 6 nitrogen and oxygen atoms in total. The van der Waals surface area contributed by atoms with Crippen molar-refractivity contribution < 1.29 is 29.3 Å². The summed E-state index contributed by atoms with van der Waals surface area (Å²) in [6.07, 6.45) is 0.812. The summed E-state index contributed by atoms with van der Waals surface area (Å²) in [5, 5.41) is 16.9. The van der Waals surface area contributed by atoms with Gasteiger partial charge >= 0.3 is 11.9 Å². The first-order valence-corrected chi connectivity index (χ1v) is 7.64. The third-order valence-electron chi connectivity index (χ3n) is 2.37. The average Bonchev–Trinajstić information content (AvgIpc) is 2.39. The fourth-order valence-corrected chi connectivity index (χ4v) is 1.43. The average molecular weight is 315 g/mol. The summed E-state index contributed by atoms with van der Waals surface area (Å²) < 4.78 is 10.5. The van der Waals surface area contributed by atoms with Crippen LogP contribution in [-0.4, -0.2) is 56.7 Å². The van der Waals surface area contributed by atoms with Gasteiger partial charge in [-0.3, -0.25) is 4.57 Å². The van der Waals surface area contributed by atoms with Gasteiger partial charge in [0.1, 0.15) is 0 Å². The van der Waals surface area contributed by atoms with Crippen LogP contribution in [0.3, 0.4) is 0 Å².